The minimum Gasteiger partial charge on any atom is -0.382 e. The first-order valence-corrected chi connectivity index (χ1v) is 8.80. The standard InChI is InChI=1S/C17H33N3O.HI/c1-3-21-13-11-17(9-4-5-10-17)14-20-16(18-2)19-12-8-15-6-7-15;/h15H,3-14H2,1-2H3,(H2,18,19,20);1H. The molecule has 2 N–H and O–H groups in total. The van der Waals surface area contributed by atoms with Gasteiger partial charge in [0.25, 0.3) is 0 Å². The van der Waals surface area contributed by atoms with Crippen molar-refractivity contribution >= 4 is 29.9 Å². The number of ether oxygens (including phenoxy) is 1. The zero-order chi connectivity index (χ0) is 15.0. The molecule has 2 saturated carbocycles. The molecule has 0 aliphatic heterocycles. The zero-order valence-corrected chi connectivity index (χ0v) is 16.7. The van der Waals surface area contributed by atoms with E-state index < -0.39 is 0 Å². The fraction of sp³-hybridized carbons (Fsp3) is 0.941. The van der Waals surface area contributed by atoms with Crippen molar-refractivity contribution < 1.29 is 4.74 Å². The van der Waals surface area contributed by atoms with Crippen molar-refractivity contribution in [2.75, 3.05) is 33.4 Å². The summed E-state index contributed by atoms with van der Waals surface area (Å²) >= 11 is 0. The van der Waals surface area contributed by atoms with E-state index in [9.17, 15) is 0 Å². The van der Waals surface area contributed by atoms with Gasteiger partial charge in [-0.25, -0.2) is 0 Å². The molecule has 2 aliphatic carbocycles. The van der Waals surface area contributed by atoms with Crippen LogP contribution in [0.25, 0.3) is 0 Å². The molecule has 0 aromatic rings. The molecule has 0 saturated heterocycles. The van der Waals surface area contributed by atoms with E-state index in [4.69, 9.17) is 4.74 Å². The minimum atomic E-state index is 0. The highest BCUT2D eigenvalue weighted by molar-refractivity contribution is 14.0. The monoisotopic (exact) mass is 423 g/mol. The Labute approximate surface area is 153 Å². The van der Waals surface area contributed by atoms with Crippen molar-refractivity contribution in [2.45, 2.75) is 58.3 Å². The maximum atomic E-state index is 5.58. The van der Waals surface area contributed by atoms with E-state index in [1.54, 1.807) is 0 Å². The van der Waals surface area contributed by atoms with Crippen LogP contribution in [0, 0.1) is 11.3 Å². The summed E-state index contributed by atoms with van der Waals surface area (Å²) in [5.41, 5.74) is 0.420. The van der Waals surface area contributed by atoms with Crippen LogP contribution < -0.4 is 10.6 Å². The minimum absolute atomic E-state index is 0. The van der Waals surface area contributed by atoms with Crippen molar-refractivity contribution in [1.82, 2.24) is 10.6 Å². The normalized spacial score (nSPS) is 20.5. The number of nitrogens with zero attached hydrogens (tertiary/aromatic N) is 1. The molecular formula is C17H34IN3O. The van der Waals surface area contributed by atoms with E-state index in [1.165, 1.54) is 51.4 Å². The van der Waals surface area contributed by atoms with Crippen LogP contribution in [0.15, 0.2) is 4.99 Å². The summed E-state index contributed by atoms with van der Waals surface area (Å²) in [4.78, 5) is 4.36. The van der Waals surface area contributed by atoms with Gasteiger partial charge >= 0.3 is 0 Å². The predicted molar refractivity (Wildman–Crippen MR) is 104 cm³/mol. The fourth-order valence-electron chi connectivity index (χ4n) is 3.37. The van der Waals surface area contributed by atoms with Crippen LogP contribution >= 0.6 is 24.0 Å². The van der Waals surface area contributed by atoms with E-state index in [2.05, 4.69) is 22.5 Å². The van der Waals surface area contributed by atoms with Gasteiger partial charge in [-0.2, -0.15) is 0 Å². The second kappa shape index (κ2) is 10.7. The Hall–Kier alpha value is -0.0400. The summed E-state index contributed by atoms with van der Waals surface area (Å²) in [6.07, 6.45) is 10.7. The third-order valence-electron chi connectivity index (χ3n) is 5.04. The van der Waals surface area contributed by atoms with Crippen LogP contribution in [0.5, 0.6) is 0 Å². The molecule has 2 rings (SSSR count). The van der Waals surface area contributed by atoms with Crippen molar-refractivity contribution in [3.8, 4) is 0 Å². The van der Waals surface area contributed by atoms with Crippen LogP contribution in [-0.4, -0.2) is 39.3 Å². The van der Waals surface area contributed by atoms with Gasteiger partial charge < -0.3 is 15.4 Å². The Morgan fingerprint density at radius 1 is 1.23 bits per heavy atom. The van der Waals surface area contributed by atoms with Gasteiger partial charge in [0.05, 0.1) is 0 Å². The lowest BCUT2D eigenvalue weighted by molar-refractivity contribution is 0.105. The van der Waals surface area contributed by atoms with Crippen LogP contribution in [0.3, 0.4) is 0 Å². The molecule has 2 fully saturated rings. The molecule has 130 valence electrons. The molecule has 22 heavy (non-hydrogen) atoms. The highest BCUT2D eigenvalue weighted by Crippen LogP contribution is 2.40. The van der Waals surface area contributed by atoms with E-state index in [0.717, 1.165) is 38.2 Å². The van der Waals surface area contributed by atoms with Crippen LogP contribution in [0.1, 0.15) is 58.3 Å². The maximum absolute atomic E-state index is 5.58. The first-order valence-electron chi connectivity index (χ1n) is 8.80. The number of guanidine groups is 1. The Kier molecular flexibility index (Phi) is 9.71. The van der Waals surface area contributed by atoms with Crippen molar-refractivity contribution in [3.05, 3.63) is 0 Å². The van der Waals surface area contributed by atoms with Gasteiger partial charge in [0, 0.05) is 33.4 Å². The van der Waals surface area contributed by atoms with Crippen molar-refractivity contribution in [2.24, 2.45) is 16.3 Å². The lowest BCUT2D eigenvalue weighted by Crippen LogP contribution is -2.43. The molecule has 0 aromatic heterocycles. The lowest BCUT2D eigenvalue weighted by atomic mass is 9.83. The molecule has 5 heteroatoms. The van der Waals surface area contributed by atoms with Crippen molar-refractivity contribution in [3.63, 3.8) is 0 Å². The summed E-state index contributed by atoms with van der Waals surface area (Å²) in [6, 6.07) is 0. The summed E-state index contributed by atoms with van der Waals surface area (Å²) in [5, 5.41) is 7.01. The van der Waals surface area contributed by atoms with Gasteiger partial charge in [-0.15, -0.1) is 24.0 Å². The van der Waals surface area contributed by atoms with Crippen LogP contribution in [0.2, 0.25) is 0 Å². The lowest BCUT2D eigenvalue weighted by Gasteiger charge is -2.30. The topological polar surface area (TPSA) is 45.6 Å². The summed E-state index contributed by atoms with van der Waals surface area (Å²) in [7, 11) is 1.87. The molecule has 0 heterocycles. The molecule has 0 unspecified atom stereocenters. The molecule has 0 radical (unpaired) electrons. The molecule has 4 nitrogen and oxygen atoms in total. The zero-order valence-electron chi connectivity index (χ0n) is 14.3. The largest absolute Gasteiger partial charge is 0.382 e. The molecule has 0 amide bonds. The van der Waals surface area contributed by atoms with Gasteiger partial charge in [-0.3, -0.25) is 4.99 Å². The average Bonchev–Trinajstić information content (AvgIpc) is 3.21. The van der Waals surface area contributed by atoms with Gasteiger partial charge in [0.2, 0.25) is 0 Å². The molecule has 0 spiro atoms. The quantitative estimate of drug-likeness (QED) is 0.258. The number of halogens is 1. The molecule has 2 aliphatic rings. The summed E-state index contributed by atoms with van der Waals surface area (Å²) in [5.74, 6) is 1.95. The van der Waals surface area contributed by atoms with Gasteiger partial charge in [-0.1, -0.05) is 25.7 Å². The van der Waals surface area contributed by atoms with E-state index in [1.807, 2.05) is 7.05 Å². The van der Waals surface area contributed by atoms with Gasteiger partial charge in [-0.05, 0) is 43.9 Å². The average molecular weight is 423 g/mol. The highest BCUT2D eigenvalue weighted by Gasteiger charge is 2.33. The van der Waals surface area contributed by atoms with E-state index >= 15 is 0 Å². The Morgan fingerprint density at radius 2 is 1.95 bits per heavy atom. The van der Waals surface area contributed by atoms with E-state index in [0.29, 0.717) is 5.41 Å². The summed E-state index contributed by atoms with van der Waals surface area (Å²) in [6.45, 7) is 5.88. The number of hydrogen-bond donors (Lipinski definition) is 2. The van der Waals surface area contributed by atoms with Gasteiger partial charge in [0.1, 0.15) is 0 Å². The highest BCUT2D eigenvalue weighted by atomic mass is 127. The van der Waals surface area contributed by atoms with Crippen molar-refractivity contribution in [1.29, 1.82) is 0 Å². The molecule has 0 atom stereocenters. The Morgan fingerprint density at radius 3 is 2.55 bits per heavy atom. The van der Waals surface area contributed by atoms with Crippen LogP contribution in [-0.2, 0) is 4.74 Å². The summed E-state index contributed by atoms with van der Waals surface area (Å²) < 4.78 is 5.58. The second-order valence-corrected chi connectivity index (χ2v) is 6.74. The maximum Gasteiger partial charge on any atom is 0.190 e. The second-order valence-electron chi connectivity index (χ2n) is 6.74. The Balaban J connectivity index is 0.00000242. The molecule has 0 bridgehead atoms. The smallest absolute Gasteiger partial charge is 0.190 e. The third-order valence-corrected chi connectivity index (χ3v) is 5.04. The third kappa shape index (κ3) is 7.02. The van der Waals surface area contributed by atoms with Crippen LogP contribution in [0.4, 0.5) is 0 Å². The first kappa shape index (κ1) is 20.0. The van der Waals surface area contributed by atoms with Gasteiger partial charge in [0.15, 0.2) is 5.96 Å². The van der Waals surface area contributed by atoms with E-state index in [-0.39, 0.29) is 24.0 Å². The number of hydrogen-bond acceptors (Lipinski definition) is 2. The number of nitrogens with one attached hydrogen (secondary N) is 2. The fourth-order valence-corrected chi connectivity index (χ4v) is 3.37. The predicted octanol–water partition coefficient (Wildman–Crippen LogP) is 3.56. The molecular weight excluding hydrogens is 389 g/mol. The molecule has 0 aromatic carbocycles. The number of aliphatic imine (C=N–C) groups is 1. The SMILES string of the molecule is CCOCCC1(CNC(=NC)NCCC2CC2)CCCC1.I. The number of rotatable bonds is 9. The Bertz CT molecular complexity index is 326. The first-order chi connectivity index (χ1) is 10.3.